The number of para-hydroxylation sites is 1. The van der Waals surface area contributed by atoms with E-state index in [-0.39, 0.29) is 11.8 Å². The van der Waals surface area contributed by atoms with Crippen LogP contribution >= 0.6 is 15.9 Å². The van der Waals surface area contributed by atoms with Crippen LogP contribution < -0.4 is 15.9 Å². The van der Waals surface area contributed by atoms with Gasteiger partial charge in [-0.2, -0.15) is 0 Å². The molecule has 5 nitrogen and oxygen atoms in total. The lowest BCUT2D eigenvalue weighted by Gasteiger charge is -2.12. The lowest BCUT2D eigenvalue weighted by molar-refractivity contribution is 0.106. The van der Waals surface area contributed by atoms with E-state index in [0.29, 0.717) is 24.5 Å². The number of aliphatic imine (C=N–C) groups is 1. The maximum absolute atomic E-state index is 12.9. The maximum atomic E-state index is 12.9. The SMILES string of the molecule is O=C(C1=NC[C@H](C2=c3ccc(Br)cc3=NC2)N1)c1c[nH]c2ccccc12. The number of ketones is 1. The van der Waals surface area contributed by atoms with E-state index in [1.807, 2.05) is 36.4 Å². The predicted octanol–water partition coefficient (Wildman–Crippen LogP) is 1.97. The number of rotatable bonds is 3. The molecule has 5 rings (SSSR count). The van der Waals surface area contributed by atoms with E-state index < -0.39 is 0 Å². The van der Waals surface area contributed by atoms with Crippen molar-refractivity contribution in [3.8, 4) is 0 Å². The highest BCUT2D eigenvalue weighted by atomic mass is 79.9. The fraction of sp³-hybridized carbons (Fsp3) is 0.150. The molecule has 3 aromatic rings. The van der Waals surface area contributed by atoms with Crippen LogP contribution in [0.15, 0.2) is 63.1 Å². The van der Waals surface area contributed by atoms with Crippen molar-refractivity contribution in [3.05, 3.63) is 69.3 Å². The van der Waals surface area contributed by atoms with E-state index in [2.05, 4.69) is 42.3 Å². The minimum atomic E-state index is -0.0727. The summed E-state index contributed by atoms with van der Waals surface area (Å²) in [6.45, 7) is 1.21. The smallest absolute Gasteiger partial charge is 0.229 e. The van der Waals surface area contributed by atoms with Gasteiger partial charge in [0.1, 0.15) is 0 Å². The number of amidine groups is 1. The van der Waals surface area contributed by atoms with Crippen LogP contribution in [0.1, 0.15) is 10.4 Å². The minimum absolute atomic E-state index is 0.0188. The number of H-pyrrole nitrogens is 1. The molecule has 0 saturated heterocycles. The van der Waals surface area contributed by atoms with Gasteiger partial charge in [-0.25, -0.2) is 0 Å². The number of aromatic nitrogens is 1. The average Bonchev–Trinajstić information content (AvgIpc) is 3.38. The quantitative estimate of drug-likeness (QED) is 0.652. The topological polar surface area (TPSA) is 69.6 Å². The number of carbonyl (C=O) groups is 1. The van der Waals surface area contributed by atoms with E-state index in [4.69, 9.17) is 0 Å². The second kappa shape index (κ2) is 5.92. The van der Waals surface area contributed by atoms with Crippen molar-refractivity contribution in [2.24, 2.45) is 9.98 Å². The molecular formula is C20H15BrN4O. The summed E-state index contributed by atoms with van der Waals surface area (Å²) in [7, 11) is 0. The second-order valence-corrected chi connectivity index (χ2v) is 7.38. The molecule has 0 radical (unpaired) electrons. The monoisotopic (exact) mass is 406 g/mol. The molecule has 0 aliphatic carbocycles. The first-order chi connectivity index (χ1) is 12.7. The lowest BCUT2D eigenvalue weighted by Crippen LogP contribution is -2.38. The standard InChI is InChI=1S/C20H15BrN4O/c21-11-5-6-13-14(8-23-17(13)7-11)18-10-24-20(25-18)19(26)15-9-22-16-4-2-1-3-12(15)16/h1-7,9,18,22H,8,10H2,(H,24,25)/t18-/m1/s1. The Labute approximate surface area is 157 Å². The predicted molar refractivity (Wildman–Crippen MR) is 105 cm³/mol. The summed E-state index contributed by atoms with van der Waals surface area (Å²) in [5.74, 6) is 0.356. The number of fused-ring (bicyclic) bond motifs is 2. The molecule has 0 saturated carbocycles. The molecule has 0 unspecified atom stereocenters. The van der Waals surface area contributed by atoms with Crippen LogP contribution in [0.25, 0.3) is 16.5 Å². The Kier molecular flexibility index (Phi) is 3.53. The molecule has 1 aromatic heterocycles. The summed E-state index contributed by atoms with van der Waals surface area (Å²) < 4.78 is 1.02. The number of benzene rings is 2. The van der Waals surface area contributed by atoms with Crippen molar-refractivity contribution in [2.75, 3.05) is 13.1 Å². The highest BCUT2D eigenvalue weighted by molar-refractivity contribution is 9.10. The molecule has 0 fully saturated rings. The molecular weight excluding hydrogens is 392 g/mol. The van der Waals surface area contributed by atoms with Crippen molar-refractivity contribution in [1.29, 1.82) is 0 Å². The number of nitrogens with one attached hydrogen (secondary N) is 2. The third kappa shape index (κ3) is 2.41. The van der Waals surface area contributed by atoms with Gasteiger partial charge < -0.3 is 10.3 Å². The Bertz CT molecular complexity index is 1210. The summed E-state index contributed by atoms with van der Waals surface area (Å²) >= 11 is 3.48. The summed E-state index contributed by atoms with van der Waals surface area (Å²) in [6, 6.07) is 13.9. The van der Waals surface area contributed by atoms with Gasteiger partial charge in [-0.1, -0.05) is 40.2 Å². The van der Waals surface area contributed by atoms with Gasteiger partial charge in [-0.3, -0.25) is 14.8 Å². The third-order valence-corrected chi connectivity index (χ3v) is 5.43. The Morgan fingerprint density at radius 1 is 1.15 bits per heavy atom. The van der Waals surface area contributed by atoms with Gasteiger partial charge in [-0.15, -0.1) is 0 Å². The first-order valence-corrected chi connectivity index (χ1v) is 9.25. The van der Waals surface area contributed by atoms with Gasteiger partial charge in [0.05, 0.1) is 30.1 Å². The minimum Gasteiger partial charge on any atom is -0.360 e. The van der Waals surface area contributed by atoms with E-state index in [9.17, 15) is 4.79 Å². The Morgan fingerprint density at radius 2 is 2.04 bits per heavy atom. The van der Waals surface area contributed by atoms with Crippen LogP contribution in [0.5, 0.6) is 0 Å². The Morgan fingerprint density at radius 3 is 2.96 bits per heavy atom. The van der Waals surface area contributed by atoms with E-state index in [0.717, 1.165) is 26.0 Å². The Hall–Kier alpha value is -2.73. The van der Waals surface area contributed by atoms with Crippen LogP contribution in [-0.4, -0.2) is 35.7 Å². The highest BCUT2D eigenvalue weighted by Crippen LogP contribution is 2.20. The van der Waals surface area contributed by atoms with Gasteiger partial charge in [0.15, 0.2) is 5.84 Å². The molecule has 2 aliphatic heterocycles. The molecule has 0 spiro atoms. The first kappa shape index (κ1) is 15.5. The van der Waals surface area contributed by atoms with Gasteiger partial charge in [-0.05, 0) is 23.8 Å². The number of hydrogen-bond acceptors (Lipinski definition) is 4. The van der Waals surface area contributed by atoms with Gasteiger partial charge in [0.2, 0.25) is 5.78 Å². The third-order valence-electron chi connectivity index (χ3n) is 4.94. The number of hydrogen-bond donors (Lipinski definition) is 2. The van der Waals surface area contributed by atoms with Crippen LogP contribution in [0.2, 0.25) is 0 Å². The van der Waals surface area contributed by atoms with Gasteiger partial charge >= 0.3 is 0 Å². The summed E-state index contributed by atoms with van der Waals surface area (Å²) in [5, 5.41) is 6.37. The number of aromatic amines is 1. The lowest BCUT2D eigenvalue weighted by atomic mass is 10.1. The zero-order chi connectivity index (χ0) is 17.7. The van der Waals surface area contributed by atoms with E-state index in [1.54, 1.807) is 6.20 Å². The van der Waals surface area contributed by atoms with Crippen molar-refractivity contribution in [3.63, 3.8) is 0 Å². The number of halogens is 1. The molecule has 1 atom stereocenters. The van der Waals surface area contributed by atoms with E-state index in [1.165, 1.54) is 5.57 Å². The zero-order valence-corrected chi connectivity index (χ0v) is 15.4. The first-order valence-electron chi connectivity index (χ1n) is 8.45. The zero-order valence-electron chi connectivity index (χ0n) is 13.8. The second-order valence-electron chi connectivity index (χ2n) is 6.47. The average molecular weight is 407 g/mol. The fourth-order valence-electron chi connectivity index (χ4n) is 3.62. The largest absolute Gasteiger partial charge is 0.360 e. The van der Waals surface area contributed by atoms with Crippen molar-refractivity contribution < 1.29 is 4.79 Å². The highest BCUT2D eigenvalue weighted by Gasteiger charge is 2.28. The Balaban J connectivity index is 1.44. The molecule has 3 heterocycles. The number of nitrogens with zero attached hydrogens (tertiary/aromatic N) is 2. The summed E-state index contributed by atoms with van der Waals surface area (Å²) in [4.78, 5) is 25.2. The molecule has 2 aliphatic rings. The van der Waals surface area contributed by atoms with Crippen molar-refractivity contribution >= 4 is 44.0 Å². The number of carbonyl (C=O) groups excluding carboxylic acids is 1. The molecule has 128 valence electrons. The van der Waals surface area contributed by atoms with Crippen LogP contribution in [0.3, 0.4) is 0 Å². The normalized spacial score (nSPS) is 18.4. The molecule has 0 bridgehead atoms. The van der Waals surface area contributed by atoms with Crippen molar-refractivity contribution in [2.45, 2.75) is 6.04 Å². The van der Waals surface area contributed by atoms with Gasteiger partial charge in [0.25, 0.3) is 0 Å². The molecule has 0 amide bonds. The fourth-order valence-corrected chi connectivity index (χ4v) is 3.97. The molecule has 26 heavy (non-hydrogen) atoms. The number of Topliss-reactive ketones (excluding diaryl/α,β-unsaturated/α-hetero) is 1. The summed E-state index contributed by atoms with van der Waals surface area (Å²) in [6.07, 6.45) is 1.76. The van der Waals surface area contributed by atoms with Crippen LogP contribution in [-0.2, 0) is 0 Å². The van der Waals surface area contributed by atoms with E-state index >= 15 is 0 Å². The van der Waals surface area contributed by atoms with Crippen molar-refractivity contribution in [1.82, 2.24) is 10.3 Å². The molecule has 6 heteroatoms. The molecule has 2 N–H and O–H groups in total. The molecule has 2 aromatic carbocycles. The summed E-state index contributed by atoms with van der Waals surface area (Å²) in [5.41, 5.74) is 2.80. The van der Waals surface area contributed by atoms with Crippen LogP contribution in [0, 0.1) is 0 Å². The van der Waals surface area contributed by atoms with Gasteiger partial charge in [0, 0.05) is 26.8 Å². The van der Waals surface area contributed by atoms with Crippen LogP contribution in [0.4, 0.5) is 0 Å². The maximum Gasteiger partial charge on any atom is 0.229 e.